The summed E-state index contributed by atoms with van der Waals surface area (Å²) in [4.78, 5) is 5.30. The lowest BCUT2D eigenvalue weighted by molar-refractivity contribution is 0.359. The van der Waals surface area contributed by atoms with Crippen LogP contribution in [-0.4, -0.2) is 10.1 Å². The fourth-order valence-corrected chi connectivity index (χ4v) is 2.87. The number of nitrogens with two attached hydrogens (primary N) is 1. The Morgan fingerprint density at radius 3 is 2.75 bits per heavy atom. The van der Waals surface area contributed by atoms with Crippen LogP contribution in [0.1, 0.15) is 42.4 Å². The molecule has 2 N–H and O–H groups in total. The molecule has 0 aliphatic rings. The molecule has 2 aromatic rings. The Bertz CT molecular complexity index is 480. The summed E-state index contributed by atoms with van der Waals surface area (Å²) in [5, 5.41) is 5.88. The Hall–Kier alpha value is -0.720. The first kappa shape index (κ1) is 11.8. The van der Waals surface area contributed by atoms with Crippen molar-refractivity contribution in [2.75, 3.05) is 0 Å². The smallest absolute Gasteiger partial charge is 0.229 e. The first-order valence-electron chi connectivity index (χ1n) is 4.91. The molecule has 0 aliphatic heterocycles. The summed E-state index contributed by atoms with van der Waals surface area (Å²) in [5.41, 5.74) is 6.07. The minimum Gasteiger partial charge on any atom is -0.339 e. The molecular weight excluding hydrogens is 290 g/mol. The third-order valence-electron chi connectivity index (χ3n) is 2.16. The van der Waals surface area contributed by atoms with Crippen LogP contribution in [-0.2, 0) is 0 Å². The molecule has 6 heteroatoms. The van der Waals surface area contributed by atoms with E-state index < -0.39 is 0 Å². The summed E-state index contributed by atoms with van der Waals surface area (Å²) in [6, 6.07) is 1.63. The highest BCUT2D eigenvalue weighted by molar-refractivity contribution is 9.10. The van der Waals surface area contributed by atoms with Gasteiger partial charge in [-0.2, -0.15) is 4.98 Å². The molecule has 1 atom stereocenters. The van der Waals surface area contributed by atoms with Gasteiger partial charge in [0.05, 0.1) is 0 Å². The molecule has 0 fully saturated rings. The van der Waals surface area contributed by atoms with Gasteiger partial charge in [0, 0.05) is 15.3 Å². The van der Waals surface area contributed by atoms with Crippen molar-refractivity contribution in [2.24, 2.45) is 5.73 Å². The van der Waals surface area contributed by atoms with E-state index in [-0.39, 0.29) is 12.0 Å². The SMILES string of the molecule is CC(C)c1nc(C(N)c2sccc2Br)no1. The quantitative estimate of drug-likeness (QED) is 0.946. The summed E-state index contributed by atoms with van der Waals surface area (Å²) in [6.07, 6.45) is 0. The van der Waals surface area contributed by atoms with Crippen LogP contribution in [0.25, 0.3) is 0 Å². The van der Waals surface area contributed by atoms with Crippen molar-refractivity contribution in [2.45, 2.75) is 25.8 Å². The largest absolute Gasteiger partial charge is 0.339 e. The van der Waals surface area contributed by atoms with Gasteiger partial charge in [-0.3, -0.25) is 0 Å². The second-order valence-electron chi connectivity index (χ2n) is 3.76. The van der Waals surface area contributed by atoms with E-state index in [4.69, 9.17) is 10.3 Å². The average Bonchev–Trinajstić information content (AvgIpc) is 2.84. The van der Waals surface area contributed by atoms with Crippen molar-refractivity contribution in [3.8, 4) is 0 Å². The highest BCUT2D eigenvalue weighted by atomic mass is 79.9. The zero-order valence-electron chi connectivity index (χ0n) is 8.98. The fraction of sp³-hybridized carbons (Fsp3) is 0.400. The van der Waals surface area contributed by atoms with Gasteiger partial charge >= 0.3 is 0 Å². The van der Waals surface area contributed by atoms with E-state index in [9.17, 15) is 0 Å². The maximum Gasteiger partial charge on any atom is 0.229 e. The predicted molar refractivity (Wildman–Crippen MR) is 66.4 cm³/mol. The van der Waals surface area contributed by atoms with Crippen molar-refractivity contribution < 1.29 is 4.52 Å². The average molecular weight is 302 g/mol. The lowest BCUT2D eigenvalue weighted by Gasteiger charge is -2.04. The molecule has 0 amide bonds. The molecule has 1 unspecified atom stereocenters. The van der Waals surface area contributed by atoms with E-state index in [1.165, 1.54) is 0 Å². The van der Waals surface area contributed by atoms with Gasteiger partial charge in [0.2, 0.25) is 5.89 Å². The van der Waals surface area contributed by atoms with Crippen molar-refractivity contribution in [1.82, 2.24) is 10.1 Å². The minimum absolute atomic E-state index is 0.222. The van der Waals surface area contributed by atoms with E-state index >= 15 is 0 Å². The Morgan fingerprint density at radius 2 is 2.25 bits per heavy atom. The van der Waals surface area contributed by atoms with Gasteiger partial charge < -0.3 is 10.3 Å². The van der Waals surface area contributed by atoms with Crippen LogP contribution < -0.4 is 5.73 Å². The highest BCUT2D eigenvalue weighted by Gasteiger charge is 2.20. The number of nitrogens with zero attached hydrogens (tertiary/aromatic N) is 2. The van der Waals surface area contributed by atoms with Crippen LogP contribution in [0, 0.1) is 0 Å². The Morgan fingerprint density at radius 1 is 1.50 bits per heavy atom. The standard InChI is InChI=1S/C10H12BrN3OS/c1-5(2)10-13-9(14-15-10)7(12)8-6(11)3-4-16-8/h3-5,7H,12H2,1-2H3. The maximum atomic E-state index is 6.07. The zero-order chi connectivity index (χ0) is 11.7. The molecule has 0 spiro atoms. The predicted octanol–water partition coefficient (Wildman–Crippen LogP) is 3.07. The van der Waals surface area contributed by atoms with Crippen LogP contribution in [0.5, 0.6) is 0 Å². The summed E-state index contributed by atoms with van der Waals surface area (Å²) in [6.45, 7) is 4.01. The zero-order valence-corrected chi connectivity index (χ0v) is 11.4. The molecule has 0 bridgehead atoms. The first-order chi connectivity index (χ1) is 7.59. The minimum atomic E-state index is -0.328. The Labute approximate surface area is 106 Å². The highest BCUT2D eigenvalue weighted by Crippen LogP contribution is 2.30. The molecule has 0 aromatic carbocycles. The molecule has 86 valence electrons. The van der Waals surface area contributed by atoms with Crippen LogP contribution in [0.4, 0.5) is 0 Å². The number of hydrogen-bond acceptors (Lipinski definition) is 5. The molecule has 16 heavy (non-hydrogen) atoms. The van der Waals surface area contributed by atoms with E-state index in [2.05, 4.69) is 26.1 Å². The van der Waals surface area contributed by atoms with E-state index in [1.807, 2.05) is 25.3 Å². The molecule has 0 radical (unpaired) electrons. The van der Waals surface area contributed by atoms with Crippen LogP contribution in [0.3, 0.4) is 0 Å². The Balaban J connectivity index is 2.27. The summed E-state index contributed by atoms with van der Waals surface area (Å²) in [5.74, 6) is 1.38. The molecule has 0 aliphatic carbocycles. The van der Waals surface area contributed by atoms with Crippen LogP contribution in [0.2, 0.25) is 0 Å². The molecule has 2 rings (SSSR count). The number of halogens is 1. The van der Waals surface area contributed by atoms with Gasteiger partial charge in [0.1, 0.15) is 6.04 Å². The molecular formula is C10H12BrN3OS. The van der Waals surface area contributed by atoms with Gasteiger partial charge in [-0.1, -0.05) is 19.0 Å². The van der Waals surface area contributed by atoms with Gasteiger partial charge in [-0.15, -0.1) is 11.3 Å². The molecule has 0 saturated heterocycles. The number of hydrogen-bond donors (Lipinski definition) is 1. The van der Waals surface area contributed by atoms with Crippen molar-refractivity contribution in [3.05, 3.63) is 32.5 Å². The molecule has 4 nitrogen and oxygen atoms in total. The van der Waals surface area contributed by atoms with Gasteiger partial charge in [-0.05, 0) is 27.4 Å². The van der Waals surface area contributed by atoms with Crippen molar-refractivity contribution in [1.29, 1.82) is 0 Å². The molecule has 0 saturated carbocycles. The van der Waals surface area contributed by atoms with Gasteiger partial charge in [0.25, 0.3) is 0 Å². The second-order valence-corrected chi connectivity index (χ2v) is 5.56. The van der Waals surface area contributed by atoms with Crippen molar-refractivity contribution in [3.63, 3.8) is 0 Å². The number of rotatable bonds is 3. The van der Waals surface area contributed by atoms with Crippen LogP contribution >= 0.6 is 27.3 Å². The van der Waals surface area contributed by atoms with Crippen LogP contribution in [0.15, 0.2) is 20.4 Å². The van der Waals surface area contributed by atoms with E-state index in [0.29, 0.717) is 11.7 Å². The Kier molecular flexibility index (Phi) is 3.41. The molecule has 2 aromatic heterocycles. The monoisotopic (exact) mass is 301 g/mol. The van der Waals surface area contributed by atoms with E-state index in [1.54, 1.807) is 11.3 Å². The lowest BCUT2D eigenvalue weighted by Crippen LogP contribution is -2.12. The van der Waals surface area contributed by atoms with Crippen molar-refractivity contribution >= 4 is 27.3 Å². The topological polar surface area (TPSA) is 64.9 Å². The third-order valence-corrected chi connectivity index (χ3v) is 4.11. The van der Waals surface area contributed by atoms with Gasteiger partial charge in [0.15, 0.2) is 5.82 Å². The third kappa shape index (κ3) is 2.18. The molecule has 2 heterocycles. The lowest BCUT2D eigenvalue weighted by atomic mass is 10.2. The fourth-order valence-electron chi connectivity index (χ4n) is 1.25. The summed E-state index contributed by atoms with van der Waals surface area (Å²) >= 11 is 5.02. The first-order valence-corrected chi connectivity index (χ1v) is 6.59. The normalized spacial score (nSPS) is 13.3. The summed E-state index contributed by atoms with van der Waals surface area (Å²) in [7, 11) is 0. The second kappa shape index (κ2) is 4.65. The summed E-state index contributed by atoms with van der Waals surface area (Å²) < 4.78 is 6.12. The number of thiophene rings is 1. The van der Waals surface area contributed by atoms with E-state index in [0.717, 1.165) is 9.35 Å². The maximum absolute atomic E-state index is 6.07. The van der Waals surface area contributed by atoms with Gasteiger partial charge in [-0.25, -0.2) is 0 Å². The number of aromatic nitrogens is 2.